The first kappa shape index (κ1) is 17.0. The maximum absolute atomic E-state index is 11.9. The van der Waals surface area contributed by atoms with Crippen molar-refractivity contribution >= 4 is 18.3 Å². The van der Waals surface area contributed by atoms with E-state index in [-0.39, 0.29) is 24.4 Å². The maximum atomic E-state index is 11.9. The van der Waals surface area contributed by atoms with Gasteiger partial charge in [0.25, 0.3) is 0 Å². The van der Waals surface area contributed by atoms with E-state index in [1.54, 1.807) is 0 Å². The quantitative estimate of drug-likeness (QED) is 0.812. The molecular formula is C16H25ClN2O. The van der Waals surface area contributed by atoms with Gasteiger partial charge in [0.05, 0.1) is 0 Å². The fourth-order valence-corrected chi connectivity index (χ4v) is 2.60. The Balaban J connectivity index is 0.00000200. The molecular weight excluding hydrogens is 272 g/mol. The monoisotopic (exact) mass is 296 g/mol. The molecule has 3 nitrogen and oxygen atoms in total. The summed E-state index contributed by atoms with van der Waals surface area (Å²) in [4.78, 5) is 11.9. The predicted molar refractivity (Wildman–Crippen MR) is 84.8 cm³/mol. The number of carbonyl (C=O) groups excluding carboxylic acids is 1. The van der Waals surface area contributed by atoms with E-state index in [9.17, 15) is 4.79 Å². The minimum Gasteiger partial charge on any atom is -0.355 e. The van der Waals surface area contributed by atoms with Crippen LogP contribution in [-0.2, 0) is 4.79 Å². The van der Waals surface area contributed by atoms with Crippen molar-refractivity contribution in [1.29, 1.82) is 0 Å². The Hall–Kier alpha value is -1.06. The molecule has 0 aliphatic heterocycles. The second-order valence-corrected chi connectivity index (χ2v) is 5.75. The summed E-state index contributed by atoms with van der Waals surface area (Å²) in [6.07, 6.45) is 5.29. The average Bonchev–Trinajstić information content (AvgIpc) is 3.18. The molecule has 1 saturated carbocycles. The van der Waals surface area contributed by atoms with Crippen LogP contribution < -0.4 is 11.1 Å². The fraction of sp³-hybridized carbons (Fsp3) is 0.562. The Morgan fingerprint density at radius 1 is 1.35 bits per heavy atom. The second kappa shape index (κ2) is 7.65. The van der Waals surface area contributed by atoms with Gasteiger partial charge in [-0.1, -0.05) is 43.7 Å². The van der Waals surface area contributed by atoms with Crippen molar-refractivity contribution in [3.8, 4) is 0 Å². The third-order valence-electron chi connectivity index (χ3n) is 4.03. The van der Waals surface area contributed by atoms with Crippen LogP contribution in [0.4, 0.5) is 0 Å². The lowest BCUT2D eigenvalue weighted by Gasteiger charge is -2.16. The summed E-state index contributed by atoms with van der Waals surface area (Å²) in [5.74, 6) is 0.0683. The van der Waals surface area contributed by atoms with E-state index in [0.717, 1.165) is 12.1 Å². The lowest BCUT2D eigenvalue weighted by atomic mass is 10.0. The van der Waals surface area contributed by atoms with Crippen molar-refractivity contribution in [1.82, 2.24) is 5.32 Å². The van der Waals surface area contributed by atoms with Crippen molar-refractivity contribution in [2.45, 2.75) is 45.1 Å². The third-order valence-corrected chi connectivity index (χ3v) is 4.03. The SMILES string of the molecule is CCCC1(CNC(=O)CC(N)c2ccccc2)CC1.Cl. The van der Waals surface area contributed by atoms with Gasteiger partial charge in [-0.15, -0.1) is 12.4 Å². The molecule has 1 amide bonds. The number of nitrogens with one attached hydrogen (secondary N) is 1. The van der Waals surface area contributed by atoms with Gasteiger partial charge in [0, 0.05) is 19.0 Å². The third kappa shape index (κ3) is 4.80. The normalized spacial score (nSPS) is 16.9. The molecule has 1 atom stereocenters. The van der Waals surface area contributed by atoms with Crippen molar-refractivity contribution in [3.05, 3.63) is 35.9 Å². The van der Waals surface area contributed by atoms with Crippen LogP contribution in [0.3, 0.4) is 0 Å². The Labute approximate surface area is 127 Å². The Morgan fingerprint density at radius 2 is 2.00 bits per heavy atom. The van der Waals surface area contributed by atoms with Gasteiger partial charge in [-0.05, 0) is 30.2 Å². The predicted octanol–water partition coefficient (Wildman–Crippen LogP) is 3.19. The minimum absolute atomic E-state index is 0. The zero-order valence-corrected chi connectivity index (χ0v) is 12.9. The lowest BCUT2D eigenvalue weighted by Crippen LogP contribution is -2.32. The molecule has 2 rings (SSSR count). The van der Waals surface area contributed by atoms with Gasteiger partial charge in [0.1, 0.15) is 0 Å². The number of carbonyl (C=O) groups is 1. The van der Waals surface area contributed by atoms with Crippen LogP contribution in [0, 0.1) is 5.41 Å². The zero-order valence-electron chi connectivity index (χ0n) is 12.1. The topological polar surface area (TPSA) is 55.1 Å². The average molecular weight is 297 g/mol. The first-order valence-electron chi connectivity index (χ1n) is 7.22. The van der Waals surface area contributed by atoms with E-state index in [1.807, 2.05) is 30.3 Å². The highest BCUT2D eigenvalue weighted by molar-refractivity contribution is 5.85. The zero-order chi connectivity index (χ0) is 13.7. The van der Waals surface area contributed by atoms with Gasteiger partial charge >= 0.3 is 0 Å². The van der Waals surface area contributed by atoms with Gasteiger partial charge in [-0.25, -0.2) is 0 Å². The van der Waals surface area contributed by atoms with Crippen molar-refractivity contribution in [2.75, 3.05) is 6.54 Å². The first-order valence-corrected chi connectivity index (χ1v) is 7.22. The maximum Gasteiger partial charge on any atom is 0.221 e. The summed E-state index contributed by atoms with van der Waals surface area (Å²) in [5.41, 5.74) is 7.47. The molecule has 3 N–H and O–H groups in total. The summed E-state index contributed by atoms with van der Waals surface area (Å²) >= 11 is 0. The van der Waals surface area contributed by atoms with Crippen LogP contribution in [0.15, 0.2) is 30.3 Å². The van der Waals surface area contributed by atoms with Gasteiger partial charge < -0.3 is 11.1 Å². The standard InChI is InChI=1S/C16H24N2O.ClH/c1-2-8-16(9-10-16)12-18-15(19)11-14(17)13-6-4-3-5-7-13;/h3-7,14H,2,8-12,17H2,1H3,(H,18,19);1H. The molecule has 0 bridgehead atoms. The number of nitrogens with two attached hydrogens (primary N) is 1. The van der Waals surface area contributed by atoms with Crippen LogP contribution in [0.5, 0.6) is 0 Å². The molecule has 0 saturated heterocycles. The minimum atomic E-state index is -0.206. The number of amides is 1. The number of halogens is 1. The molecule has 112 valence electrons. The fourth-order valence-electron chi connectivity index (χ4n) is 2.60. The van der Waals surface area contributed by atoms with E-state index in [4.69, 9.17) is 5.73 Å². The first-order chi connectivity index (χ1) is 9.15. The highest BCUT2D eigenvalue weighted by Gasteiger charge is 2.41. The van der Waals surface area contributed by atoms with Crippen LogP contribution in [-0.4, -0.2) is 12.5 Å². The second-order valence-electron chi connectivity index (χ2n) is 5.75. The van der Waals surface area contributed by atoms with Gasteiger partial charge in [0.2, 0.25) is 5.91 Å². The Bertz CT molecular complexity index is 418. The van der Waals surface area contributed by atoms with Crippen molar-refractivity contribution in [3.63, 3.8) is 0 Å². The summed E-state index contributed by atoms with van der Waals surface area (Å²) in [5, 5.41) is 3.05. The molecule has 1 aliphatic carbocycles. The van der Waals surface area contributed by atoms with Crippen LogP contribution >= 0.6 is 12.4 Å². The summed E-state index contributed by atoms with van der Waals surface area (Å²) in [7, 11) is 0. The molecule has 0 heterocycles. The van der Waals surface area contributed by atoms with E-state index in [0.29, 0.717) is 11.8 Å². The van der Waals surface area contributed by atoms with Gasteiger partial charge in [-0.2, -0.15) is 0 Å². The van der Waals surface area contributed by atoms with E-state index in [1.165, 1.54) is 25.7 Å². The molecule has 1 aromatic carbocycles. The van der Waals surface area contributed by atoms with Crippen molar-refractivity contribution < 1.29 is 4.79 Å². The van der Waals surface area contributed by atoms with Crippen LogP contribution in [0.25, 0.3) is 0 Å². The molecule has 4 heteroatoms. The summed E-state index contributed by atoms with van der Waals surface area (Å²) in [6.45, 7) is 3.02. The van der Waals surface area contributed by atoms with Gasteiger partial charge in [0.15, 0.2) is 0 Å². The smallest absolute Gasteiger partial charge is 0.221 e. The van der Waals surface area contributed by atoms with Crippen LogP contribution in [0.2, 0.25) is 0 Å². The van der Waals surface area contributed by atoms with Crippen LogP contribution in [0.1, 0.15) is 50.6 Å². The molecule has 1 fully saturated rings. The summed E-state index contributed by atoms with van der Waals surface area (Å²) in [6, 6.07) is 9.59. The number of hydrogen-bond donors (Lipinski definition) is 2. The Morgan fingerprint density at radius 3 is 2.55 bits per heavy atom. The molecule has 0 spiro atoms. The molecule has 20 heavy (non-hydrogen) atoms. The Kier molecular flexibility index (Phi) is 6.50. The summed E-state index contributed by atoms with van der Waals surface area (Å²) < 4.78 is 0. The number of hydrogen-bond acceptors (Lipinski definition) is 2. The van der Waals surface area contributed by atoms with E-state index < -0.39 is 0 Å². The highest BCUT2D eigenvalue weighted by atomic mass is 35.5. The van der Waals surface area contributed by atoms with E-state index in [2.05, 4.69) is 12.2 Å². The molecule has 1 unspecified atom stereocenters. The number of rotatable bonds is 7. The largest absolute Gasteiger partial charge is 0.355 e. The number of benzene rings is 1. The molecule has 0 radical (unpaired) electrons. The molecule has 1 aromatic rings. The lowest BCUT2D eigenvalue weighted by molar-refractivity contribution is -0.121. The molecule has 1 aliphatic rings. The van der Waals surface area contributed by atoms with E-state index >= 15 is 0 Å². The van der Waals surface area contributed by atoms with Crippen molar-refractivity contribution in [2.24, 2.45) is 11.1 Å². The highest BCUT2D eigenvalue weighted by Crippen LogP contribution is 2.48. The molecule has 0 aromatic heterocycles. The van der Waals surface area contributed by atoms with Gasteiger partial charge in [-0.3, -0.25) is 4.79 Å².